The van der Waals surface area contributed by atoms with Crippen molar-refractivity contribution in [3.8, 4) is 0 Å². The molecule has 18 heavy (non-hydrogen) atoms. The van der Waals surface area contributed by atoms with Crippen LogP contribution in [0.2, 0.25) is 0 Å². The predicted octanol–water partition coefficient (Wildman–Crippen LogP) is 2.01. The predicted molar refractivity (Wildman–Crippen MR) is 74.5 cm³/mol. The van der Waals surface area contributed by atoms with E-state index in [1.807, 2.05) is 26.0 Å². The van der Waals surface area contributed by atoms with Gasteiger partial charge < -0.3 is 10.6 Å². The molecule has 0 heterocycles. The van der Waals surface area contributed by atoms with E-state index < -0.39 is 0 Å². The number of hydrogen-bond donors (Lipinski definition) is 2. The highest BCUT2D eigenvalue weighted by Gasteiger charge is 2.10. The lowest BCUT2D eigenvalue weighted by atomic mass is 10.1. The fraction of sp³-hybridized carbons (Fsp3) is 0.385. The molecule has 2 amide bonds. The zero-order valence-electron chi connectivity index (χ0n) is 10.5. The second kappa shape index (κ2) is 7.16. The fourth-order valence-electron chi connectivity index (χ4n) is 1.42. The van der Waals surface area contributed by atoms with Gasteiger partial charge in [-0.2, -0.15) is 0 Å². The quantitative estimate of drug-likeness (QED) is 0.874. The van der Waals surface area contributed by atoms with Crippen molar-refractivity contribution in [1.82, 2.24) is 10.6 Å². The molecule has 0 aromatic heterocycles. The Morgan fingerprint density at radius 3 is 2.67 bits per heavy atom. The van der Waals surface area contributed by atoms with Crippen LogP contribution in [-0.4, -0.2) is 24.9 Å². The molecule has 0 radical (unpaired) electrons. The van der Waals surface area contributed by atoms with E-state index in [4.69, 9.17) is 0 Å². The molecule has 0 saturated carbocycles. The zero-order valence-corrected chi connectivity index (χ0v) is 12.1. The van der Waals surface area contributed by atoms with Gasteiger partial charge >= 0.3 is 0 Å². The molecule has 98 valence electrons. The summed E-state index contributed by atoms with van der Waals surface area (Å²) < 4.78 is 0.841. The van der Waals surface area contributed by atoms with E-state index in [0.29, 0.717) is 12.1 Å². The number of nitrogens with one attached hydrogen (secondary N) is 2. The van der Waals surface area contributed by atoms with E-state index >= 15 is 0 Å². The molecule has 0 unspecified atom stereocenters. The first-order valence-corrected chi connectivity index (χ1v) is 6.65. The minimum absolute atomic E-state index is 0.00475. The highest BCUT2D eigenvalue weighted by molar-refractivity contribution is 9.10. The molecule has 0 aliphatic heterocycles. The van der Waals surface area contributed by atoms with E-state index in [0.717, 1.165) is 16.5 Å². The Bertz CT molecular complexity index is 447. The molecule has 5 heteroatoms. The third-order valence-electron chi connectivity index (χ3n) is 2.43. The largest absolute Gasteiger partial charge is 0.355 e. The number of benzene rings is 1. The zero-order chi connectivity index (χ0) is 13.5. The highest BCUT2D eigenvalue weighted by Crippen LogP contribution is 2.15. The van der Waals surface area contributed by atoms with Gasteiger partial charge in [0.15, 0.2) is 0 Å². The molecule has 0 aliphatic carbocycles. The van der Waals surface area contributed by atoms with Crippen LogP contribution >= 0.6 is 15.9 Å². The average molecular weight is 313 g/mol. The van der Waals surface area contributed by atoms with Crippen molar-refractivity contribution in [2.75, 3.05) is 13.1 Å². The smallest absolute Gasteiger partial charge is 0.252 e. The second-order valence-corrected chi connectivity index (χ2v) is 4.91. The summed E-state index contributed by atoms with van der Waals surface area (Å²) in [4.78, 5) is 23.2. The molecule has 0 spiro atoms. The first-order valence-electron chi connectivity index (χ1n) is 5.85. The van der Waals surface area contributed by atoms with Gasteiger partial charge in [-0.3, -0.25) is 9.59 Å². The van der Waals surface area contributed by atoms with Crippen LogP contribution in [0, 0.1) is 6.92 Å². The van der Waals surface area contributed by atoms with Gasteiger partial charge in [0.25, 0.3) is 5.91 Å². The van der Waals surface area contributed by atoms with Crippen LogP contribution < -0.4 is 10.6 Å². The van der Waals surface area contributed by atoms with Gasteiger partial charge in [-0.25, -0.2) is 0 Å². The Kier molecular flexibility index (Phi) is 5.85. The van der Waals surface area contributed by atoms with Crippen molar-refractivity contribution in [3.63, 3.8) is 0 Å². The van der Waals surface area contributed by atoms with Gasteiger partial charge in [0, 0.05) is 16.6 Å². The van der Waals surface area contributed by atoms with Gasteiger partial charge in [0.1, 0.15) is 0 Å². The second-order valence-electron chi connectivity index (χ2n) is 3.99. The van der Waals surface area contributed by atoms with Gasteiger partial charge in [-0.15, -0.1) is 0 Å². The van der Waals surface area contributed by atoms with Crippen LogP contribution in [0.5, 0.6) is 0 Å². The van der Waals surface area contributed by atoms with Gasteiger partial charge in [-0.1, -0.05) is 28.9 Å². The summed E-state index contributed by atoms with van der Waals surface area (Å²) >= 11 is 3.32. The first kappa shape index (κ1) is 14.7. The van der Waals surface area contributed by atoms with E-state index in [1.165, 1.54) is 0 Å². The molecule has 0 bridgehead atoms. The SMILES string of the molecule is CCCNC(=O)CNC(=O)c1cc(Br)ccc1C. The Labute approximate surface area is 115 Å². The normalized spacial score (nSPS) is 9.94. The standard InChI is InChI=1S/C13H17BrN2O2/c1-3-6-15-12(17)8-16-13(18)11-7-10(14)5-4-9(11)2/h4-5,7H,3,6,8H2,1-2H3,(H,15,17)(H,16,18). The molecule has 0 atom stereocenters. The van der Waals surface area contributed by atoms with Crippen LogP contribution in [0.4, 0.5) is 0 Å². The topological polar surface area (TPSA) is 58.2 Å². The van der Waals surface area contributed by atoms with Gasteiger partial charge in [-0.05, 0) is 31.0 Å². The monoisotopic (exact) mass is 312 g/mol. The lowest BCUT2D eigenvalue weighted by molar-refractivity contribution is -0.120. The molecule has 0 saturated heterocycles. The number of carbonyl (C=O) groups excluding carboxylic acids is 2. The van der Waals surface area contributed by atoms with E-state index in [1.54, 1.807) is 6.07 Å². The van der Waals surface area contributed by atoms with Crippen molar-refractivity contribution in [2.24, 2.45) is 0 Å². The Hall–Kier alpha value is -1.36. The molecule has 4 nitrogen and oxygen atoms in total. The Balaban J connectivity index is 2.55. The molecule has 2 N–H and O–H groups in total. The van der Waals surface area contributed by atoms with Crippen LogP contribution in [0.25, 0.3) is 0 Å². The van der Waals surface area contributed by atoms with Crippen molar-refractivity contribution in [1.29, 1.82) is 0 Å². The summed E-state index contributed by atoms with van der Waals surface area (Å²) in [5.74, 6) is -0.404. The summed E-state index contributed by atoms with van der Waals surface area (Å²) in [6.07, 6.45) is 0.879. The maximum atomic E-state index is 11.9. The lowest BCUT2D eigenvalue weighted by Gasteiger charge is -2.08. The summed E-state index contributed by atoms with van der Waals surface area (Å²) in [5.41, 5.74) is 1.46. The number of hydrogen-bond acceptors (Lipinski definition) is 2. The van der Waals surface area contributed by atoms with Crippen molar-refractivity contribution in [3.05, 3.63) is 33.8 Å². The molecule has 1 rings (SSSR count). The Morgan fingerprint density at radius 1 is 1.28 bits per heavy atom. The van der Waals surface area contributed by atoms with Gasteiger partial charge in [0.05, 0.1) is 6.54 Å². The van der Waals surface area contributed by atoms with Crippen LogP contribution in [0.3, 0.4) is 0 Å². The first-order chi connectivity index (χ1) is 8.54. The van der Waals surface area contributed by atoms with E-state index in [-0.39, 0.29) is 18.4 Å². The summed E-state index contributed by atoms with van der Waals surface area (Å²) in [5, 5.41) is 5.31. The summed E-state index contributed by atoms with van der Waals surface area (Å²) in [7, 11) is 0. The number of halogens is 1. The number of rotatable bonds is 5. The molecule has 1 aromatic rings. The van der Waals surface area contributed by atoms with Crippen molar-refractivity contribution >= 4 is 27.7 Å². The molecule has 0 aliphatic rings. The highest BCUT2D eigenvalue weighted by atomic mass is 79.9. The maximum absolute atomic E-state index is 11.9. The van der Waals surface area contributed by atoms with Crippen LogP contribution in [-0.2, 0) is 4.79 Å². The van der Waals surface area contributed by atoms with Crippen molar-refractivity contribution in [2.45, 2.75) is 20.3 Å². The maximum Gasteiger partial charge on any atom is 0.252 e. The summed E-state index contributed by atoms with van der Waals surface area (Å²) in [6.45, 7) is 4.47. The Morgan fingerprint density at radius 2 is 2.00 bits per heavy atom. The lowest BCUT2D eigenvalue weighted by Crippen LogP contribution is -2.37. The number of amides is 2. The molecular formula is C13H17BrN2O2. The average Bonchev–Trinajstić information content (AvgIpc) is 2.36. The third-order valence-corrected chi connectivity index (χ3v) is 2.92. The van der Waals surface area contributed by atoms with E-state index in [2.05, 4.69) is 26.6 Å². The number of carbonyl (C=O) groups is 2. The fourth-order valence-corrected chi connectivity index (χ4v) is 1.78. The minimum Gasteiger partial charge on any atom is -0.355 e. The van der Waals surface area contributed by atoms with Gasteiger partial charge in [0.2, 0.25) is 5.91 Å². The summed E-state index contributed by atoms with van der Waals surface area (Å²) in [6, 6.07) is 5.48. The third kappa shape index (κ3) is 4.49. The van der Waals surface area contributed by atoms with E-state index in [9.17, 15) is 9.59 Å². The minimum atomic E-state index is -0.236. The molecule has 0 fully saturated rings. The molecule has 1 aromatic carbocycles. The van der Waals surface area contributed by atoms with Crippen molar-refractivity contribution < 1.29 is 9.59 Å². The molecular weight excluding hydrogens is 296 g/mol. The van der Waals surface area contributed by atoms with Crippen LogP contribution in [0.1, 0.15) is 29.3 Å². The van der Waals surface area contributed by atoms with Crippen LogP contribution in [0.15, 0.2) is 22.7 Å². The number of aryl methyl sites for hydroxylation is 1.